The van der Waals surface area contributed by atoms with Crippen molar-refractivity contribution in [3.05, 3.63) is 0 Å². The van der Waals surface area contributed by atoms with Crippen LogP contribution in [0.4, 0.5) is 0 Å². The molecule has 0 heterocycles. The summed E-state index contributed by atoms with van der Waals surface area (Å²) in [6.07, 6.45) is 34.2. The Morgan fingerprint density at radius 1 is 0.424 bits per heavy atom. The van der Waals surface area contributed by atoms with Crippen LogP contribution in [0, 0.1) is 0 Å². The van der Waals surface area contributed by atoms with Gasteiger partial charge in [0, 0.05) is 6.42 Å². The molecule has 194 valence electrons. The molecule has 0 aliphatic carbocycles. The molecule has 0 aromatic heterocycles. The molecule has 0 aliphatic rings. The molecule has 0 bridgehead atoms. The maximum absolute atomic E-state index is 11.8. The first-order chi connectivity index (χ1) is 15.8. The van der Waals surface area contributed by atoms with Crippen molar-refractivity contribution in [2.24, 2.45) is 0 Å². The summed E-state index contributed by atoms with van der Waals surface area (Å²) in [6.45, 7) is 5.19. The van der Waals surface area contributed by atoms with E-state index < -0.39 is 0 Å². The first-order valence-corrected chi connectivity index (χ1v) is 15.0. The summed E-state index contributed by atoms with van der Waals surface area (Å²) in [7, 11) is 0. The number of hydrogen-bond acceptors (Lipinski definition) is 2. The average molecular weight is 477 g/mol. The van der Waals surface area contributed by atoms with Crippen molar-refractivity contribution >= 4 is 35.5 Å². The SMILES string of the molecule is CCCCCCCCCCCCCCCCCC(=O)OCCCCCCCCCCCC.[NaH]. The minimum absolute atomic E-state index is 0. The second kappa shape index (κ2) is 32.5. The van der Waals surface area contributed by atoms with Crippen LogP contribution in [0.15, 0.2) is 0 Å². The van der Waals surface area contributed by atoms with E-state index >= 15 is 0 Å². The molecule has 0 rings (SSSR count). The molecule has 0 aromatic carbocycles. The molecule has 0 fully saturated rings. The van der Waals surface area contributed by atoms with Crippen molar-refractivity contribution < 1.29 is 9.53 Å². The molecule has 3 heteroatoms. The predicted octanol–water partition coefficient (Wildman–Crippen LogP) is 10.1. The van der Waals surface area contributed by atoms with Gasteiger partial charge in [-0.25, -0.2) is 0 Å². The van der Waals surface area contributed by atoms with Gasteiger partial charge in [0.2, 0.25) is 0 Å². The zero-order valence-electron chi connectivity index (χ0n) is 22.4. The molecule has 0 amide bonds. The van der Waals surface area contributed by atoms with E-state index in [-0.39, 0.29) is 35.5 Å². The molecule has 33 heavy (non-hydrogen) atoms. The molecule has 0 saturated heterocycles. The Bertz CT molecular complexity index is 359. The van der Waals surface area contributed by atoms with Crippen LogP contribution in [0.1, 0.15) is 181 Å². The number of unbranched alkanes of at least 4 members (excludes halogenated alkanes) is 23. The van der Waals surface area contributed by atoms with Gasteiger partial charge in [-0.15, -0.1) is 0 Å². The van der Waals surface area contributed by atoms with Crippen LogP contribution in [-0.2, 0) is 9.53 Å². The summed E-state index contributed by atoms with van der Waals surface area (Å²) >= 11 is 0. The van der Waals surface area contributed by atoms with Crippen LogP contribution in [0.5, 0.6) is 0 Å². The van der Waals surface area contributed by atoms with Gasteiger partial charge in [-0.3, -0.25) is 4.79 Å². The fourth-order valence-corrected chi connectivity index (χ4v) is 4.49. The first-order valence-electron chi connectivity index (χ1n) is 15.0. The molecule has 0 spiro atoms. The van der Waals surface area contributed by atoms with Gasteiger partial charge in [0.15, 0.2) is 0 Å². The Kier molecular flexibility index (Phi) is 35.1. The Labute approximate surface area is 231 Å². The van der Waals surface area contributed by atoms with Crippen LogP contribution in [0.2, 0.25) is 0 Å². The van der Waals surface area contributed by atoms with Crippen LogP contribution in [0.25, 0.3) is 0 Å². The Balaban J connectivity index is 0. The fraction of sp³-hybridized carbons (Fsp3) is 0.967. The number of carbonyl (C=O) groups excluding carboxylic acids is 1. The number of rotatable bonds is 27. The summed E-state index contributed by atoms with van der Waals surface area (Å²) < 4.78 is 5.39. The topological polar surface area (TPSA) is 26.3 Å². The predicted molar refractivity (Wildman–Crippen MR) is 149 cm³/mol. The number of ether oxygens (including phenoxy) is 1. The molecular formula is C30H61NaO2. The summed E-state index contributed by atoms with van der Waals surface area (Å²) in [6, 6.07) is 0. The van der Waals surface area contributed by atoms with Gasteiger partial charge in [0.05, 0.1) is 6.61 Å². The fourth-order valence-electron chi connectivity index (χ4n) is 4.49. The standard InChI is InChI=1S/C30H60O2.Na.H/c1-3-5-7-9-11-13-15-16-17-18-19-20-22-24-26-28-30(31)32-29-27-25-23-21-14-12-10-8-6-4-2;;/h3-29H2,1-2H3;;. The molecule has 0 aromatic rings. The van der Waals surface area contributed by atoms with Crippen LogP contribution < -0.4 is 0 Å². The summed E-state index contributed by atoms with van der Waals surface area (Å²) in [5.41, 5.74) is 0. The van der Waals surface area contributed by atoms with Gasteiger partial charge in [0.1, 0.15) is 0 Å². The van der Waals surface area contributed by atoms with Crippen molar-refractivity contribution in [3.8, 4) is 0 Å². The van der Waals surface area contributed by atoms with Crippen molar-refractivity contribution in [2.45, 2.75) is 181 Å². The first kappa shape index (κ1) is 35.6. The number of hydrogen-bond donors (Lipinski definition) is 0. The summed E-state index contributed by atoms with van der Waals surface area (Å²) in [5, 5.41) is 0. The van der Waals surface area contributed by atoms with Crippen LogP contribution >= 0.6 is 0 Å². The Hall–Kier alpha value is 0.470. The molecule has 0 unspecified atom stereocenters. The van der Waals surface area contributed by atoms with Gasteiger partial charge in [-0.05, 0) is 12.8 Å². The van der Waals surface area contributed by atoms with E-state index in [9.17, 15) is 4.79 Å². The quantitative estimate of drug-likeness (QED) is 0.0669. The van der Waals surface area contributed by atoms with Crippen molar-refractivity contribution in [2.75, 3.05) is 6.61 Å². The third-order valence-corrected chi connectivity index (χ3v) is 6.75. The van der Waals surface area contributed by atoms with Crippen molar-refractivity contribution in [1.82, 2.24) is 0 Å². The van der Waals surface area contributed by atoms with Gasteiger partial charge < -0.3 is 4.74 Å². The molecule has 2 nitrogen and oxygen atoms in total. The molecule has 0 saturated carbocycles. The second-order valence-electron chi connectivity index (χ2n) is 10.1. The number of carbonyl (C=O) groups is 1. The molecule has 0 aliphatic heterocycles. The zero-order chi connectivity index (χ0) is 23.4. The Morgan fingerprint density at radius 3 is 1.03 bits per heavy atom. The van der Waals surface area contributed by atoms with Gasteiger partial charge in [-0.2, -0.15) is 0 Å². The zero-order valence-corrected chi connectivity index (χ0v) is 22.4. The van der Waals surface area contributed by atoms with Gasteiger partial charge in [0.25, 0.3) is 0 Å². The molecule has 0 N–H and O–H groups in total. The third-order valence-electron chi connectivity index (χ3n) is 6.75. The van der Waals surface area contributed by atoms with Crippen molar-refractivity contribution in [1.29, 1.82) is 0 Å². The molecule has 0 atom stereocenters. The minimum atomic E-state index is 0. The van der Waals surface area contributed by atoms with Crippen LogP contribution in [-0.4, -0.2) is 42.1 Å². The van der Waals surface area contributed by atoms with Crippen molar-refractivity contribution in [3.63, 3.8) is 0 Å². The molecule has 0 radical (unpaired) electrons. The van der Waals surface area contributed by atoms with E-state index in [1.54, 1.807) is 0 Å². The Morgan fingerprint density at radius 2 is 0.697 bits per heavy atom. The normalized spacial score (nSPS) is 10.8. The van der Waals surface area contributed by atoms with E-state index in [0.29, 0.717) is 13.0 Å². The van der Waals surface area contributed by atoms with Gasteiger partial charge in [-0.1, -0.05) is 162 Å². The molecular weight excluding hydrogens is 415 g/mol. The second-order valence-corrected chi connectivity index (χ2v) is 10.1. The average Bonchev–Trinajstić information content (AvgIpc) is 2.80. The van der Waals surface area contributed by atoms with E-state index in [0.717, 1.165) is 12.8 Å². The van der Waals surface area contributed by atoms with E-state index in [1.165, 1.54) is 148 Å². The van der Waals surface area contributed by atoms with E-state index in [4.69, 9.17) is 4.74 Å². The van der Waals surface area contributed by atoms with E-state index in [2.05, 4.69) is 13.8 Å². The van der Waals surface area contributed by atoms with E-state index in [1.807, 2.05) is 0 Å². The third kappa shape index (κ3) is 32.5. The van der Waals surface area contributed by atoms with Gasteiger partial charge >= 0.3 is 35.5 Å². The van der Waals surface area contributed by atoms with Crippen LogP contribution in [0.3, 0.4) is 0 Å². The number of esters is 1. The monoisotopic (exact) mass is 476 g/mol. The summed E-state index contributed by atoms with van der Waals surface area (Å²) in [4.78, 5) is 11.8. The summed E-state index contributed by atoms with van der Waals surface area (Å²) in [5.74, 6) is 0.0237. The maximum atomic E-state index is 11.8.